The van der Waals surface area contributed by atoms with E-state index in [0.29, 0.717) is 6.10 Å². The maximum atomic E-state index is 5.69. The van der Waals surface area contributed by atoms with Gasteiger partial charge in [-0.1, -0.05) is 13.0 Å². The summed E-state index contributed by atoms with van der Waals surface area (Å²) >= 11 is 0. The summed E-state index contributed by atoms with van der Waals surface area (Å²) in [4.78, 5) is 7.15. The van der Waals surface area contributed by atoms with Crippen LogP contribution in [0.15, 0.2) is 18.2 Å². The molecule has 0 saturated carbocycles. The third-order valence-electron chi connectivity index (χ3n) is 3.69. The smallest absolute Gasteiger partial charge is 0.126 e. The molecule has 1 N–H and O–H groups in total. The van der Waals surface area contributed by atoms with Crippen LogP contribution in [0.25, 0.3) is 0 Å². The highest BCUT2D eigenvalue weighted by Gasteiger charge is 2.19. The molecular formula is C16H27N3O. The van der Waals surface area contributed by atoms with Crippen molar-refractivity contribution in [1.82, 2.24) is 9.88 Å². The average molecular weight is 277 g/mol. The van der Waals surface area contributed by atoms with Gasteiger partial charge in [0.05, 0.1) is 11.8 Å². The molecule has 4 heteroatoms. The Morgan fingerprint density at radius 3 is 2.80 bits per heavy atom. The molecule has 4 nitrogen and oxygen atoms in total. The van der Waals surface area contributed by atoms with E-state index in [1.165, 1.54) is 0 Å². The molecule has 1 aromatic rings. The lowest BCUT2D eigenvalue weighted by atomic mass is 10.1. The van der Waals surface area contributed by atoms with Crippen LogP contribution in [0.2, 0.25) is 0 Å². The minimum absolute atomic E-state index is 0.460. The molecule has 1 aromatic heterocycles. The maximum Gasteiger partial charge on any atom is 0.126 e. The fourth-order valence-corrected chi connectivity index (χ4v) is 2.62. The van der Waals surface area contributed by atoms with Gasteiger partial charge in [-0.3, -0.25) is 4.90 Å². The fourth-order valence-electron chi connectivity index (χ4n) is 2.62. The van der Waals surface area contributed by atoms with Gasteiger partial charge in [0.25, 0.3) is 0 Å². The third kappa shape index (κ3) is 4.76. The van der Waals surface area contributed by atoms with Crippen LogP contribution in [0.4, 0.5) is 5.82 Å². The lowest BCUT2D eigenvalue weighted by Crippen LogP contribution is -2.36. The number of nitrogens with one attached hydrogen (secondary N) is 1. The van der Waals surface area contributed by atoms with Crippen molar-refractivity contribution in [3.63, 3.8) is 0 Å². The standard InChI is InChI=1S/C16H27N3O/c1-3-10-17-16-7-5-6-14(18-16)13-19-11-8-15(9-12-19)20-4-2/h5-7,15H,3-4,8-13H2,1-2H3,(H,17,18). The monoisotopic (exact) mass is 277 g/mol. The van der Waals surface area contributed by atoms with E-state index in [0.717, 1.165) is 63.6 Å². The van der Waals surface area contributed by atoms with Crippen LogP contribution in [-0.4, -0.2) is 42.2 Å². The lowest BCUT2D eigenvalue weighted by Gasteiger charge is -2.31. The Hall–Kier alpha value is -1.13. The first-order valence-electron chi connectivity index (χ1n) is 7.85. The summed E-state index contributed by atoms with van der Waals surface area (Å²) in [6, 6.07) is 6.25. The maximum absolute atomic E-state index is 5.69. The fraction of sp³-hybridized carbons (Fsp3) is 0.688. The summed E-state index contributed by atoms with van der Waals surface area (Å²) in [5, 5.41) is 3.35. The van der Waals surface area contributed by atoms with E-state index in [-0.39, 0.29) is 0 Å². The van der Waals surface area contributed by atoms with Crippen molar-refractivity contribution < 1.29 is 4.74 Å². The number of hydrogen-bond acceptors (Lipinski definition) is 4. The number of likely N-dealkylation sites (tertiary alicyclic amines) is 1. The van der Waals surface area contributed by atoms with Crippen molar-refractivity contribution in [3.05, 3.63) is 23.9 Å². The summed E-state index contributed by atoms with van der Waals surface area (Å²) in [6.45, 7) is 9.22. The number of pyridine rings is 1. The van der Waals surface area contributed by atoms with Gasteiger partial charge >= 0.3 is 0 Å². The Morgan fingerprint density at radius 2 is 2.10 bits per heavy atom. The molecule has 1 fully saturated rings. The summed E-state index contributed by atoms with van der Waals surface area (Å²) in [5.41, 5.74) is 1.15. The van der Waals surface area contributed by atoms with Crippen LogP contribution in [0.1, 0.15) is 38.8 Å². The zero-order valence-electron chi connectivity index (χ0n) is 12.8. The first-order valence-corrected chi connectivity index (χ1v) is 7.85. The highest BCUT2D eigenvalue weighted by atomic mass is 16.5. The van der Waals surface area contributed by atoms with E-state index < -0.39 is 0 Å². The van der Waals surface area contributed by atoms with Crippen LogP contribution >= 0.6 is 0 Å². The van der Waals surface area contributed by atoms with E-state index in [9.17, 15) is 0 Å². The van der Waals surface area contributed by atoms with Gasteiger partial charge in [-0.15, -0.1) is 0 Å². The van der Waals surface area contributed by atoms with Crippen molar-refractivity contribution in [2.24, 2.45) is 0 Å². The van der Waals surface area contributed by atoms with E-state index in [2.05, 4.69) is 41.2 Å². The van der Waals surface area contributed by atoms with E-state index >= 15 is 0 Å². The summed E-state index contributed by atoms with van der Waals surface area (Å²) in [5.74, 6) is 0.994. The largest absolute Gasteiger partial charge is 0.378 e. The van der Waals surface area contributed by atoms with E-state index in [1.807, 2.05) is 6.07 Å². The van der Waals surface area contributed by atoms with Crippen molar-refractivity contribution in [2.45, 2.75) is 45.8 Å². The van der Waals surface area contributed by atoms with Crippen LogP contribution in [0, 0.1) is 0 Å². The molecule has 1 aliphatic rings. The first kappa shape index (κ1) is 15.3. The summed E-state index contributed by atoms with van der Waals surface area (Å²) in [7, 11) is 0. The van der Waals surface area contributed by atoms with Gasteiger partial charge in [0, 0.05) is 32.8 Å². The molecule has 2 rings (SSSR count). The summed E-state index contributed by atoms with van der Waals surface area (Å²) < 4.78 is 5.69. The number of hydrogen-bond donors (Lipinski definition) is 1. The molecule has 112 valence electrons. The van der Waals surface area contributed by atoms with E-state index in [1.54, 1.807) is 0 Å². The molecular weight excluding hydrogens is 250 g/mol. The molecule has 0 aromatic carbocycles. The molecule has 0 aliphatic carbocycles. The molecule has 1 aliphatic heterocycles. The van der Waals surface area contributed by atoms with Crippen LogP contribution in [-0.2, 0) is 11.3 Å². The Morgan fingerprint density at radius 1 is 1.30 bits per heavy atom. The topological polar surface area (TPSA) is 37.4 Å². The molecule has 2 heterocycles. The molecule has 0 radical (unpaired) electrons. The molecule has 0 atom stereocenters. The zero-order valence-corrected chi connectivity index (χ0v) is 12.8. The predicted molar refractivity (Wildman–Crippen MR) is 82.9 cm³/mol. The number of ether oxygens (including phenoxy) is 1. The van der Waals surface area contributed by atoms with Crippen molar-refractivity contribution in [1.29, 1.82) is 0 Å². The van der Waals surface area contributed by atoms with Gasteiger partial charge in [-0.2, -0.15) is 0 Å². The lowest BCUT2D eigenvalue weighted by molar-refractivity contribution is 0.0123. The quantitative estimate of drug-likeness (QED) is 0.831. The van der Waals surface area contributed by atoms with E-state index in [4.69, 9.17) is 4.74 Å². The average Bonchev–Trinajstić information content (AvgIpc) is 2.48. The molecule has 1 saturated heterocycles. The van der Waals surface area contributed by atoms with Crippen LogP contribution in [0.3, 0.4) is 0 Å². The number of aromatic nitrogens is 1. The number of piperidine rings is 1. The highest BCUT2D eigenvalue weighted by Crippen LogP contribution is 2.16. The molecule has 0 unspecified atom stereocenters. The molecule has 0 spiro atoms. The Bertz CT molecular complexity index is 389. The first-order chi connectivity index (χ1) is 9.81. The molecule has 0 amide bonds. The Labute approximate surface area is 122 Å². The zero-order chi connectivity index (χ0) is 14.2. The third-order valence-corrected chi connectivity index (χ3v) is 3.69. The van der Waals surface area contributed by atoms with Gasteiger partial charge in [0.1, 0.15) is 5.82 Å². The van der Waals surface area contributed by atoms with Crippen molar-refractivity contribution in [2.75, 3.05) is 31.6 Å². The highest BCUT2D eigenvalue weighted by molar-refractivity contribution is 5.35. The van der Waals surface area contributed by atoms with Gasteiger partial charge in [0.15, 0.2) is 0 Å². The molecule has 0 bridgehead atoms. The van der Waals surface area contributed by atoms with Gasteiger partial charge < -0.3 is 10.1 Å². The Kier molecular flexibility index (Phi) is 6.27. The second-order valence-electron chi connectivity index (χ2n) is 5.37. The van der Waals surface area contributed by atoms with Crippen LogP contribution < -0.4 is 5.32 Å². The minimum Gasteiger partial charge on any atom is -0.378 e. The normalized spacial score (nSPS) is 17.3. The van der Waals surface area contributed by atoms with Crippen LogP contribution in [0.5, 0.6) is 0 Å². The second-order valence-corrected chi connectivity index (χ2v) is 5.37. The van der Waals surface area contributed by atoms with Gasteiger partial charge in [-0.25, -0.2) is 4.98 Å². The van der Waals surface area contributed by atoms with Gasteiger partial charge in [0.2, 0.25) is 0 Å². The number of anilines is 1. The molecule has 20 heavy (non-hydrogen) atoms. The second kappa shape index (κ2) is 8.22. The Balaban J connectivity index is 1.81. The SMILES string of the molecule is CCCNc1cccc(CN2CCC(OCC)CC2)n1. The van der Waals surface area contributed by atoms with Crippen molar-refractivity contribution in [3.8, 4) is 0 Å². The van der Waals surface area contributed by atoms with Gasteiger partial charge in [-0.05, 0) is 38.3 Å². The minimum atomic E-state index is 0.460. The number of nitrogens with zero attached hydrogens (tertiary/aromatic N) is 2. The predicted octanol–water partition coefficient (Wildman–Crippen LogP) is 2.90. The number of rotatable bonds is 7. The van der Waals surface area contributed by atoms with Crippen molar-refractivity contribution >= 4 is 5.82 Å². The summed E-state index contributed by atoms with van der Waals surface area (Å²) in [6.07, 6.45) is 3.86.